The van der Waals surface area contributed by atoms with Crippen LogP contribution in [0.15, 0.2) is 108 Å². The summed E-state index contributed by atoms with van der Waals surface area (Å²) in [6, 6.07) is 22.1. The number of rotatable bonds is 7. The van der Waals surface area contributed by atoms with Crippen LogP contribution in [0, 0.1) is 0 Å². The highest BCUT2D eigenvalue weighted by Crippen LogP contribution is 2.32. The zero-order valence-electron chi connectivity index (χ0n) is 19.4. The lowest BCUT2D eigenvalue weighted by molar-refractivity contribution is -0.139. The summed E-state index contributed by atoms with van der Waals surface area (Å²) in [6.45, 7) is 0. The second-order valence-electron chi connectivity index (χ2n) is 8.88. The molecule has 5 nitrogen and oxygen atoms in total. The Labute approximate surface area is 214 Å². The van der Waals surface area contributed by atoms with Gasteiger partial charge in [-0.05, 0) is 52.5 Å². The fraction of sp³-hybridized carbons (Fsp3) is 0.133. The molecule has 0 fully saturated rings. The van der Waals surface area contributed by atoms with Gasteiger partial charge in [0.05, 0.1) is 6.04 Å². The highest BCUT2D eigenvalue weighted by molar-refractivity contribution is 6.33. The second-order valence-corrected chi connectivity index (χ2v) is 9.29. The van der Waals surface area contributed by atoms with Crippen LogP contribution in [0.1, 0.15) is 23.2 Å². The molecule has 36 heavy (non-hydrogen) atoms. The minimum Gasteiger partial charge on any atom is -0.480 e. The van der Waals surface area contributed by atoms with Gasteiger partial charge in [0.25, 0.3) is 5.91 Å². The smallest absolute Gasteiger partial charge is 0.326 e. The molecule has 1 heterocycles. The van der Waals surface area contributed by atoms with Crippen LogP contribution >= 0.6 is 11.6 Å². The molecule has 2 atom stereocenters. The van der Waals surface area contributed by atoms with Gasteiger partial charge in [-0.1, -0.05) is 84.4 Å². The lowest BCUT2D eigenvalue weighted by Crippen LogP contribution is -2.41. The maximum Gasteiger partial charge on any atom is 0.326 e. The van der Waals surface area contributed by atoms with Gasteiger partial charge in [0.1, 0.15) is 6.04 Å². The molecule has 1 aliphatic carbocycles. The second kappa shape index (κ2) is 10.3. The lowest BCUT2D eigenvalue weighted by atomic mass is 9.92. The Bertz CT molecular complexity index is 1390. The van der Waals surface area contributed by atoms with E-state index >= 15 is 0 Å². The van der Waals surface area contributed by atoms with Crippen LogP contribution < -0.4 is 10.6 Å². The van der Waals surface area contributed by atoms with Crippen molar-refractivity contribution in [3.05, 3.63) is 119 Å². The van der Waals surface area contributed by atoms with Crippen molar-refractivity contribution in [2.45, 2.75) is 24.9 Å². The number of aliphatic carboxylic acids is 1. The third-order valence-electron chi connectivity index (χ3n) is 6.55. The number of halogens is 1. The van der Waals surface area contributed by atoms with E-state index in [2.05, 4.69) is 16.7 Å². The number of amides is 1. The largest absolute Gasteiger partial charge is 0.480 e. The number of carboxylic acids is 1. The van der Waals surface area contributed by atoms with E-state index in [0.29, 0.717) is 16.1 Å². The van der Waals surface area contributed by atoms with Crippen LogP contribution in [-0.2, 0) is 4.79 Å². The number of fused-ring (bicyclic) bond motifs is 1. The van der Waals surface area contributed by atoms with Gasteiger partial charge in [-0.3, -0.25) is 4.79 Å². The SMILES string of the molecule is O=C(N[C@H](CC1=CNC2CC=CC=C12)C(=O)O)c1ccc(Cl)c(-c2ccc(-c3ccccc3)cc2)c1. The number of hydrogen-bond donors (Lipinski definition) is 3. The summed E-state index contributed by atoms with van der Waals surface area (Å²) in [4.78, 5) is 25.1. The van der Waals surface area contributed by atoms with E-state index in [1.54, 1.807) is 18.2 Å². The fourth-order valence-corrected chi connectivity index (χ4v) is 4.83. The van der Waals surface area contributed by atoms with E-state index in [1.165, 1.54) is 0 Å². The quantitative estimate of drug-likeness (QED) is 0.375. The van der Waals surface area contributed by atoms with E-state index < -0.39 is 17.9 Å². The molecule has 1 aliphatic heterocycles. The molecule has 2 aliphatic rings. The van der Waals surface area contributed by atoms with Gasteiger partial charge >= 0.3 is 5.97 Å². The topological polar surface area (TPSA) is 78.4 Å². The first kappa shape index (κ1) is 23.6. The maximum atomic E-state index is 13.1. The molecule has 1 amide bonds. The average molecular weight is 497 g/mol. The predicted octanol–water partition coefficient (Wildman–Crippen LogP) is 5.99. The molecule has 0 bridgehead atoms. The molecule has 0 spiro atoms. The predicted molar refractivity (Wildman–Crippen MR) is 143 cm³/mol. The molecular weight excluding hydrogens is 472 g/mol. The normalized spacial score (nSPS) is 16.9. The fourth-order valence-electron chi connectivity index (χ4n) is 4.60. The molecule has 0 saturated heterocycles. The number of carbonyl (C=O) groups is 2. The van der Waals surface area contributed by atoms with E-state index in [0.717, 1.165) is 34.3 Å². The molecule has 0 saturated carbocycles. The van der Waals surface area contributed by atoms with Crippen molar-refractivity contribution in [3.8, 4) is 22.3 Å². The zero-order valence-corrected chi connectivity index (χ0v) is 20.2. The molecule has 0 radical (unpaired) electrons. The Morgan fingerprint density at radius 1 is 1.00 bits per heavy atom. The molecular formula is C30H25ClN2O3. The number of carbonyl (C=O) groups excluding carboxylic acids is 1. The highest BCUT2D eigenvalue weighted by atomic mass is 35.5. The average Bonchev–Trinajstić information content (AvgIpc) is 3.32. The first-order chi connectivity index (χ1) is 17.5. The van der Waals surface area contributed by atoms with Crippen molar-refractivity contribution in [2.24, 2.45) is 0 Å². The summed E-state index contributed by atoms with van der Waals surface area (Å²) in [5.41, 5.74) is 6.09. The molecule has 3 aromatic rings. The van der Waals surface area contributed by atoms with Crippen LogP contribution in [0.3, 0.4) is 0 Å². The Morgan fingerprint density at radius 3 is 2.47 bits per heavy atom. The van der Waals surface area contributed by atoms with Crippen LogP contribution in [0.4, 0.5) is 0 Å². The van der Waals surface area contributed by atoms with Crippen LogP contribution in [0.2, 0.25) is 5.02 Å². The zero-order chi connectivity index (χ0) is 25.1. The lowest BCUT2D eigenvalue weighted by Gasteiger charge is -2.19. The number of nitrogens with one attached hydrogen (secondary N) is 2. The molecule has 3 aromatic carbocycles. The van der Waals surface area contributed by atoms with Crippen molar-refractivity contribution in [1.82, 2.24) is 10.6 Å². The Kier molecular flexibility index (Phi) is 6.74. The van der Waals surface area contributed by atoms with Gasteiger partial charge in [0, 0.05) is 28.8 Å². The number of hydrogen-bond acceptors (Lipinski definition) is 3. The van der Waals surface area contributed by atoms with Gasteiger partial charge in [-0.25, -0.2) is 4.79 Å². The number of benzene rings is 3. The Morgan fingerprint density at radius 2 is 1.72 bits per heavy atom. The summed E-state index contributed by atoms with van der Waals surface area (Å²) < 4.78 is 0. The summed E-state index contributed by atoms with van der Waals surface area (Å²) in [7, 11) is 0. The van der Waals surface area contributed by atoms with Crippen LogP contribution in [0.5, 0.6) is 0 Å². The van der Waals surface area contributed by atoms with Crippen molar-refractivity contribution in [1.29, 1.82) is 0 Å². The van der Waals surface area contributed by atoms with Gasteiger partial charge in [0.15, 0.2) is 0 Å². The first-order valence-electron chi connectivity index (χ1n) is 11.8. The van der Waals surface area contributed by atoms with Crippen molar-refractivity contribution in [2.75, 3.05) is 0 Å². The summed E-state index contributed by atoms with van der Waals surface area (Å²) >= 11 is 6.47. The minimum absolute atomic E-state index is 0.169. The van der Waals surface area contributed by atoms with Crippen molar-refractivity contribution >= 4 is 23.5 Å². The number of carboxylic acid groups (broad SMARTS) is 1. The van der Waals surface area contributed by atoms with E-state index in [9.17, 15) is 14.7 Å². The molecule has 3 N–H and O–H groups in total. The Hall–Kier alpha value is -4.09. The summed E-state index contributed by atoms with van der Waals surface area (Å²) in [5, 5.41) is 16.3. The van der Waals surface area contributed by atoms with Crippen LogP contribution in [0.25, 0.3) is 22.3 Å². The first-order valence-corrected chi connectivity index (χ1v) is 12.2. The summed E-state index contributed by atoms with van der Waals surface area (Å²) in [6.07, 6.45) is 8.95. The highest BCUT2D eigenvalue weighted by Gasteiger charge is 2.29. The van der Waals surface area contributed by atoms with Crippen LogP contribution in [-0.4, -0.2) is 29.1 Å². The van der Waals surface area contributed by atoms with Gasteiger partial charge in [0.2, 0.25) is 0 Å². The third kappa shape index (κ3) is 4.97. The van der Waals surface area contributed by atoms with Gasteiger partial charge < -0.3 is 15.7 Å². The Balaban J connectivity index is 1.33. The molecule has 0 aromatic heterocycles. The molecule has 5 rings (SSSR count). The third-order valence-corrected chi connectivity index (χ3v) is 6.88. The monoisotopic (exact) mass is 496 g/mol. The molecule has 180 valence electrons. The standard InChI is InChI=1S/C30H25ClN2O3/c31-26-15-14-22(16-25(26)21-12-10-20(11-13-21)19-6-2-1-3-7-19)29(34)33-28(30(35)36)17-23-18-32-27-9-5-4-8-24(23)27/h1-8,10-16,18,27-28,32H,9,17H2,(H,33,34)(H,35,36)/t27?,28-/m1/s1. The van der Waals surface area contributed by atoms with E-state index in [1.807, 2.05) is 72.9 Å². The van der Waals surface area contributed by atoms with E-state index in [4.69, 9.17) is 11.6 Å². The van der Waals surface area contributed by atoms with Crippen molar-refractivity contribution in [3.63, 3.8) is 0 Å². The molecule has 6 heteroatoms. The van der Waals surface area contributed by atoms with Gasteiger partial charge in [-0.2, -0.15) is 0 Å². The minimum atomic E-state index is -1.08. The van der Waals surface area contributed by atoms with Gasteiger partial charge in [-0.15, -0.1) is 0 Å². The summed E-state index contributed by atoms with van der Waals surface area (Å²) in [5.74, 6) is -1.54. The molecule has 1 unspecified atom stereocenters. The number of allylic oxidation sites excluding steroid dienone is 2. The van der Waals surface area contributed by atoms with Crippen molar-refractivity contribution < 1.29 is 14.7 Å². The maximum absolute atomic E-state index is 13.1. The van der Waals surface area contributed by atoms with E-state index in [-0.39, 0.29) is 12.5 Å².